The quantitative estimate of drug-likeness (QED) is 0.330. The number of rotatable bonds is 5. The second-order valence-corrected chi connectivity index (χ2v) is 10.4. The Labute approximate surface area is 213 Å². The highest BCUT2D eigenvalue weighted by molar-refractivity contribution is 8.00. The predicted molar refractivity (Wildman–Crippen MR) is 145 cm³/mol. The van der Waals surface area contributed by atoms with E-state index in [1.165, 1.54) is 11.8 Å². The van der Waals surface area contributed by atoms with Crippen molar-refractivity contribution in [3.05, 3.63) is 93.3 Å². The Hall–Kier alpha value is -3.91. The lowest BCUT2D eigenvalue weighted by molar-refractivity contribution is -0.115. The highest BCUT2D eigenvalue weighted by atomic mass is 32.2. The molecule has 36 heavy (non-hydrogen) atoms. The summed E-state index contributed by atoms with van der Waals surface area (Å²) in [6.07, 6.45) is 0. The molecule has 0 spiro atoms. The largest absolute Gasteiger partial charge is 0.325 e. The third kappa shape index (κ3) is 4.07. The van der Waals surface area contributed by atoms with Crippen molar-refractivity contribution in [2.24, 2.45) is 0 Å². The van der Waals surface area contributed by atoms with Crippen LogP contribution in [0, 0.1) is 27.7 Å². The maximum atomic E-state index is 13.5. The number of benzene rings is 3. The molecule has 1 unspecified atom stereocenters. The molecule has 5 aromatic rings. The van der Waals surface area contributed by atoms with Crippen LogP contribution in [0.2, 0.25) is 0 Å². The Morgan fingerprint density at radius 3 is 2.31 bits per heavy atom. The molecule has 0 aliphatic rings. The number of thioether (sulfide) groups is 1. The van der Waals surface area contributed by atoms with Crippen molar-refractivity contribution in [2.45, 2.75) is 45.0 Å². The van der Waals surface area contributed by atoms with Gasteiger partial charge in [0.1, 0.15) is 0 Å². The van der Waals surface area contributed by atoms with E-state index in [1.54, 1.807) is 10.6 Å². The predicted octanol–water partition coefficient (Wildman–Crippen LogP) is 5.39. The molecule has 0 aliphatic carbocycles. The number of carbonyl (C=O) groups is 1. The van der Waals surface area contributed by atoms with E-state index < -0.39 is 5.25 Å². The van der Waals surface area contributed by atoms with Crippen LogP contribution < -0.4 is 10.9 Å². The monoisotopic (exact) mass is 497 g/mol. The minimum absolute atomic E-state index is 0.122. The smallest absolute Gasteiger partial charge is 0.267 e. The molecule has 1 N–H and O–H groups in total. The van der Waals surface area contributed by atoms with Crippen molar-refractivity contribution in [2.75, 3.05) is 5.32 Å². The molecule has 0 saturated heterocycles. The lowest BCUT2D eigenvalue weighted by atomic mass is 10.1. The van der Waals surface area contributed by atoms with Gasteiger partial charge >= 0.3 is 0 Å². The van der Waals surface area contributed by atoms with Crippen molar-refractivity contribution < 1.29 is 4.79 Å². The van der Waals surface area contributed by atoms with E-state index in [-0.39, 0.29) is 11.5 Å². The number of amides is 1. The van der Waals surface area contributed by atoms with Gasteiger partial charge in [0.05, 0.1) is 21.8 Å². The number of hydrogen-bond acceptors (Lipinski definition) is 5. The highest BCUT2D eigenvalue weighted by Crippen LogP contribution is 2.28. The van der Waals surface area contributed by atoms with E-state index in [1.807, 2.05) is 81.5 Å². The van der Waals surface area contributed by atoms with E-state index in [9.17, 15) is 9.59 Å². The third-order valence-electron chi connectivity index (χ3n) is 6.33. The minimum Gasteiger partial charge on any atom is -0.325 e. The molecule has 2 heterocycles. The van der Waals surface area contributed by atoms with Gasteiger partial charge in [0.2, 0.25) is 11.7 Å². The van der Waals surface area contributed by atoms with Crippen molar-refractivity contribution in [3.8, 4) is 5.69 Å². The highest BCUT2D eigenvalue weighted by Gasteiger charge is 2.23. The van der Waals surface area contributed by atoms with Gasteiger partial charge in [0.15, 0.2) is 5.16 Å². The molecule has 7 nitrogen and oxygen atoms in total. The van der Waals surface area contributed by atoms with Gasteiger partial charge in [-0.2, -0.15) is 0 Å². The first-order chi connectivity index (χ1) is 17.3. The van der Waals surface area contributed by atoms with Gasteiger partial charge in [-0.25, -0.2) is 4.57 Å². The lowest BCUT2D eigenvalue weighted by Crippen LogP contribution is -2.24. The van der Waals surface area contributed by atoms with Gasteiger partial charge in [-0.05, 0) is 69.5 Å². The lowest BCUT2D eigenvalue weighted by Gasteiger charge is -2.16. The fraction of sp³-hybridized carbons (Fsp3) is 0.214. The molecular formula is C28H27N5O2S. The number of fused-ring (bicyclic) bond motifs is 3. The fourth-order valence-corrected chi connectivity index (χ4v) is 5.46. The van der Waals surface area contributed by atoms with Crippen LogP contribution in [-0.2, 0) is 4.79 Å². The zero-order chi connectivity index (χ0) is 25.6. The van der Waals surface area contributed by atoms with Gasteiger partial charge in [-0.15, -0.1) is 10.2 Å². The molecule has 2 aromatic heterocycles. The first kappa shape index (κ1) is 23.8. The molecule has 1 amide bonds. The van der Waals surface area contributed by atoms with E-state index in [2.05, 4.69) is 27.6 Å². The van der Waals surface area contributed by atoms with Crippen LogP contribution in [0.15, 0.2) is 70.6 Å². The second kappa shape index (κ2) is 9.28. The van der Waals surface area contributed by atoms with Crippen LogP contribution in [0.5, 0.6) is 0 Å². The Morgan fingerprint density at radius 1 is 0.917 bits per heavy atom. The van der Waals surface area contributed by atoms with Crippen molar-refractivity contribution in [1.82, 2.24) is 19.2 Å². The van der Waals surface area contributed by atoms with Gasteiger partial charge < -0.3 is 5.32 Å². The topological polar surface area (TPSA) is 81.3 Å². The average molecular weight is 498 g/mol. The molecule has 0 saturated carbocycles. The van der Waals surface area contributed by atoms with E-state index >= 15 is 0 Å². The summed E-state index contributed by atoms with van der Waals surface area (Å²) in [5.74, 6) is 0.289. The number of nitrogens with zero attached hydrogens (tertiary/aromatic N) is 4. The van der Waals surface area contributed by atoms with Gasteiger partial charge in [-0.1, -0.05) is 59.8 Å². The molecule has 0 fully saturated rings. The first-order valence-electron chi connectivity index (χ1n) is 11.8. The minimum atomic E-state index is -0.449. The van der Waals surface area contributed by atoms with Crippen LogP contribution in [0.3, 0.4) is 0 Å². The van der Waals surface area contributed by atoms with Crippen LogP contribution in [0.1, 0.15) is 29.2 Å². The first-order valence-corrected chi connectivity index (χ1v) is 12.6. The fourth-order valence-electron chi connectivity index (χ4n) is 4.60. The molecule has 3 aromatic carbocycles. The maximum absolute atomic E-state index is 13.5. The van der Waals surface area contributed by atoms with Crippen molar-refractivity contribution in [1.29, 1.82) is 0 Å². The number of nitrogens with one attached hydrogen (secondary N) is 1. The zero-order valence-corrected chi connectivity index (χ0v) is 21.7. The van der Waals surface area contributed by atoms with Crippen LogP contribution in [0.25, 0.3) is 22.4 Å². The summed E-state index contributed by atoms with van der Waals surface area (Å²) >= 11 is 1.31. The molecule has 182 valence electrons. The molecule has 1 atom stereocenters. The normalized spacial score (nSPS) is 12.2. The summed E-state index contributed by atoms with van der Waals surface area (Å²) in [4.78, 5) is 26.7. The molecule has 5 rings (SSSR count). The van der Waals surface area contributed by atoms with Crippen molar-refractivity contribution >= 4 is 40.0 Å². The van der Waals surface area contributed by atoms with Gasteiger partial charge in [-0.3, -0.25) is 14.0 Å². The molecular weight excluding hydrogens is 470 g/mol. The summed E-state index contributed by atoms with van der Waals surface area (Å²) < 4.78 is 3.46. The Balaban J connectivity index is 1.58. The zero-order valence-electron chi connectivity index (χ0n) is 20.9. The number of aromatic nitrogens is 4. The Morgan fingerprint density at radius 2 is 1.58 bits per heavy atom. The van der Waals surface area contributed by atoms with E-state index in [0.29, 0.717) is 21.8 Å². The number of anilines is 1. The SMILES string of the molecule is Cc1cc(C)c(NC(=O)C(C)Sc2nnc3n(-c4ccccc4C)c(=O)c4ccccc4n23)c(C)c1. The summed E-state index contributed by atoms with van der Waals surface area (Å²) in [6.45, 7) is 9.84. The Kier molecular flexibility index (Phi) is 6.14. The van der Waals surface area contributed by atoms with E-state index in [4.69, 9.17) is 0 Å². The van der Waals surface area contributed by atoms with Crippen molar-refractivity contribution in [3.63, 3.8) is 0 Å². The average Bonchev–Trinajstić information content (AvgIpc) is 3.25. The molecule has 0 aliphatic heterocycles. The van der Waals surface area contributed by atoms with Crippen LogP contribution in [0.4, 0.5) is 5.69 Å². The van der Waals surface area contributed by atoms with Gasteiger partial charge in [0, 0.05) is 5.69 Å². The number of carbonyl (C=O) groups excluding carboxylic acids is 1. The number of hydrogen-bond donors (Lipinski definition) is 1. The molecule has 0 bridgehead atoms. The Bertz CT molecular complexity index is 1680. The third-order valence-corrected chi connectivity index (χ3v) is 7.37. The van der Waals surface area contributed by atoms with Crippen LogP contribution in [-0.4, -0.2) is 30.3 Å². The summed E-state index contributed by atoms with van der Waals surface area (Å²) in [6, 6.07) is 19.2. The van der Waals surface area contributed by atoms with Crippen LogP contribution >= 0.6 is 11.8 Å². The summed E-state index contributed by atoms with van der Waals surface area (Å²) in [7, 11) is 0. The van der Waals surface area contributed by atoms with E-state index in [0.717, 1.165) is 33.6 Å². The maximum Gasteiger partial charge on any atom is 0.267 e. The summed E-state index contributed by atoms with van der Waals surface area (Å²) in [5.41, 5.74) is 6.29. The molecule has 0 radical (unpaired) electrons. The second-order valence-electron chi connectivity index (χ2n) is 9.09. The standard InChI is InChI=1S/C28H27N5O2S/c1-16-14-18(3)24(19(4)15-16)29-25(34)20(5)36-28-31-30-27-32(22-12-8-6-10-17(22)2)26(35)21-11-7-9-13-23(21)33(27)28/h6-15,20H,1-5H3,(H,29,34). The molecule has 8 heteroatoms. The number of para-hydroxylation sites is 2. The number of aryl methyl sites for hydroxylation is 4. The summed E-state index contributed by atoms with van der Waals surface area (Å²) in [5, 5.41) is 12.6. The van der Waals surface area contributed by atoms with Gasteiger partial charge in [0.25, 0.3) is 5.56 Å².